The lowest BCUT2D eigenvalue weighted by molar-refractivity contribution is 0.108. The van der Waals surface area contributed by atoms with Crippen LogP contribution in [-0.4, -0.2) is 23.7 Å². The molecule has 1 aromatic heterocycles. The molecule has 0 atom stereocenters. The van der Waals surface area contributed by atoms with Gasteiger partial charge < -0.3 is 5.73 Å². The van der Waals surface area contributed by atoms with Crippen molar-refractivity contribution in [2.75, 3.05) is 11.5 Å². The molecule has 0 aliphatic carbocycles. The third kappa shape index (κ3) is 2.04. The minimum atomic E-state index is -3.66. The van der Waals surface area contributed by atoms with Gasteiger partial charge in [0, 0.05) is 6.07 Å². The number of hydrogen-bond acceptors (Lipinski definition) is 6. The molecule has 13 heavy (non-hydrogen) atoms. The number of nitrogens with two attached hydrogens (primary N) is 1. The van der Waals surface area contributed by atoms with Gasteiger partial charge in [-0.1, -0.05) is 6.92 Å². The van der Waals surface area contributed by atoms with Crippen LogP contribution in [0.2, 0.25) is 0 Å². The zero-order valence-corrected chi connectivity index (χ0v) is 8.48. The van der Waals surface area contributed by atoms with E-state index in [9.17, 15) is 13.2 Å². The number of hydrogen-bond donors (Lipinski definition) is 1. The lowest BCUT2D eigenvalue weighted by Crippen LogP contribution is -2.15. The van der Waals surface area contributed by atoms with E-state index < -0.39 is 15.0 Å². The highest BCUT2D eigenvalue weighted by atomic mass is 32.2. The van der Waals surface area contributed by atoms with Crippen LogP contribution in [0.4, 0.5) is 5.82 Å². The van der Waals surface area contributed by atoms with E-state index in [-0.39, 0.29) is 16.4 Å². The fourth-order valence-corrected chi connectivity index (χ4v) is 2.29. The molecule has 0 saturated carbocycles. The summed E-state index contributed by atoms with van der Waals surface area (Å²) in [5.74, 6) is -0.0384. The highest BCUT2D eigenvalue weighted by molar-refractivity contribution is 8.06. The Kier molecular flexibility index (Phi) is 2.67. The Bertz CT molecular complexity index is 421. The van der Waals surface area contributed by atoms with Crippen molar-refractivity contribution in [1.29, 1.82) is 0 Å². The first-order valence-corrected chi connectivity index (χ1v) is 5.89. The first-order chi connectivity index (χ1) is 5.97. The van der Waals surface area contributed by atoms with E-state index in [0.29, 0.717) is 0 Å². The Labute approximate surface area is 79.7 Å². The second-order valence-corrected chi connectivity index (χ2v) is 5.29. The maximum Gasteiger partial charge on any atom is 0.288 e. The quantitative estimate of drug-likeness (QED) is 0.774. The summed E-state index contributed by atoms with van der Waals surface area (Å²) in [4.78, 5) is 11.3. The van der Waals surface area contributed by atoms with E-state index in [1.807, 2.05) is 0 Å². The molecule has 0 unspecified atom stereocenters. The van der Waals surface area contributed by atoms with E-state index in [1.165, 1.54) is 13.0 Å². The molecule has 1 aromatic rings. The highest BCUT2D eigenvalue weighted by Crippen LogP contribution is 2.15. The molecular weight excluding hydrogens is 212 g/mol. The number of carbonyl (C=O) groups excluding carboxylic acids is 1. The first-order valence-electron chi connectivity index (χ1n) is 3.46. The van der Waals surface area contributed by atoms with Crippen LogP contribution in [0, 0.1) is 0 Å². The summed E-state index contributed by atoms with van der Waals surface area (Å²) in [6.45, 7) is 1.41. The average molecular weight is 220 g/mol. The number of anilines is 1. The van der Waals surface area contributed by atoms with Gasteiger partial charge in [0.05, 0.1) is 5.75 Å². The number of nitrogen functional groups attached to an aromatic ring is 1. The van der Waals surface area contributed by atoms with Crippen molar-refractivity contribution < 1.29 is 13.2 Å². The lowest BCUT2D eigenvalue weighted by atomic mass is 10.5. The Morgan fingerprint density at radius 1 is 1.69 bits per heavy atom. The van der Waals surface area contributed by atoms with Gasteiger partial charge in [-0.2, -0.15) is 4.37 Å². The second-order valence-electron chi connectivity index (χ2n) is 2.31. The minimum Gasteiger partial charge on any atom is -0.383 e. The molecule has 1 rings (SSSR count). The monoisotopic (exact) mass is 220 g/mol. The van der Waals surface area contributed by atoms with Gasteiger partial charge in [0.25, 0.3) is 5.12 Å². The first kappa shape index (κ1) is 10.1. The van der Waals surface area contributed by atoms with Gasteiger partial charge in [-0.25, -0.2) is 8.42 Å². The zero-order valence-electron chi connectivity index (χ0n) is 6.85. The molecule has 0 radical (unpaired) electrons. The third-order valence-electron chi connectivity index (χ3n) is 1.39. The van der Waals surface area contributed by atoms with E-state index in [2.05, 4.69) is 4.37 Å². The van der Waals surface area contributed by atoms with Gasteiger partial charge >= 0.3 is 0 Å². The van der Waals surface area contributed by atoms with E-state index in [4.69, 9.17) is 5.73 Å². The molecule has 0 saturated heterocycles. The maximum atomic E-state index is 11.2. The van der Waals surface area contributed by atoms with Crippen LogP contribution >= 0.6 is 11.5 Å². The summed E-state index contributed by atoms with van der Waals surface area (Å²) in [5.41, 5.74) is 5.25. The summed E-state index contributed by atoms with van der Waals surface area (Å²) in [6, 6.07) is 1.26. The smallest absolute Gasteiger partial charge is 0.288 e. The van der Waals surface area contributed by atoms with Gasteiger partial charge in [-0.3, -0.25) is 4.79 Å². The zero-order chi connectivity index (χ0) is 10.1. The Morgan fingerprint density at radius 2 is 2.31 bits per heavy atom. The molecule has 2 N–H and O–H groups in total. The Hall–Kier alpha value is -0.950. The number of nitrogens with zero attached hydrogens (tertiary/aromatic N) is 1. The van der Waals surface area contributed by atoms with Gasteiger partial charge in [0.1, 0.15) is 10.7 Å². The molecule has 0 amide bonds. The normalized spacial score (nSPS) is 11.5. The van der Waals surface area contributed by atoms with Crippen molar-refractivity contribution in [2.45, 2.75) is 6.92 Å². The number of carbonyl (C=O) groups is 1. The Balaban J connectivity index is 3.06. The largest absolute Gasteiger partial charge is 0.383 e. The van der Waals surface area contributed by atoms with Crippen LogP contribution < -0.4 is 5.73 Å². The lowest BCUT2D eigenvalue weighted by Gasteiger charge is -1.94. The fourth-order valence-electron chi connectivity index (χ4n) is 0.669. The van der Waals surface area contributed by atoms with E-state index in [0.717, 1.165) is 11.5 Å². The van der Waals surface area contributed by atoms with Crippen molar-refractivity contribution in [3.63, 3.8) is 0 Å². The van der Waals surface area contributed by atoms with Crippen LogP contribution in [0.25, 0.3) is 0 Å². The standard InChI is InChI=1S/C6H8N2O3S2/c1-2-13(10,11)6(9)4-3-5(7)8-12-4/h3H,2H2,1H3,(H2,7,8). The van der Waals surface area contributed by atoms with Crippen molar-refractivity contribution in [2.24, 2.45) is 0 Å². The van der Waals surface area contributed by atoms with Crippen LogP contribution in [0.15, 0.2) is 6.07 Å². The molecule has 0 aliphatic rings. The van der Waals surface area contributed by atoms with Gasteiger partial charge in [0.15, 0.2) is 0 Å². The van der Waals surface area contributed by atoms with E-state index in [1.54, 1.807) is 0 Å². The second kappa shape index (κ2) is 3.43. The molecule has 1 heterocycles. The predicted molar refractivity (Wildman–Crippen MR) is 50.3 cm³/mol. The average Bonchev–Trinajstić information content (AvgIpc) is 2.50. The highest BCUT2D eigenvalue weighted by Gasteiger charge is 2.23. The molecule has 0 spiro atoms. The summed E-state index contributed by atoms with van der Waals surface area (Å²) in [5, 5.41) is -0.899. The topological polar surface area (TPSA) is 90.1 Å². The van der Waals surface area contributed by atoms with Crippen molar-refractivity contribution in [1.82, 2.24) is 4.37 Å². The molecule has 5 nitrogen and oxygen atoms in total. The summed E-state index contributed by atoms with van der Waals surface area (Å²) in [7, 11) is -3.66. The van der Waals surface area contributed by atoms with Crippen molar-refractivity contribution >= 4 is 32.3 Å². The predicted octanol–water partition coefficient (Wildman–Crippen LogP) is 0.300. The van der Waals surface area contributed by atoms with Gasteiger partial charge in [-0.15, -0.1) is 0 Å². The molecule has 72 valence electrons. The summed E-state index contributed by atoms with van der Waals surface area (Å²) < 4.78 is 25.8. The molecule has 7 heteroatoms. The van der Waals surface area contributed by atoms with Crippen LogP contribution in [0.5, 0.6) is 0 Å². The van der Waals surface area contributed by atoms with Crippen LogP contribution in [-0.2, 0) is 9.84 Å². The van der Waals surface area contributed by atoms with Crippen molar-refractivity contribution in [3.05, 3.63) is 10.9 Å². The number of rotatable bonds is 2. The Morgan fingerprint density at radius 3 is 2.69 bits per heavy atom. The molecule has 0 aromatic carbocycles. The van der Waals surface area contributed by atoms with Gasteiger partial charge in [-0.05, 0) is 11.5 Å². The molecular formula is C6H8N2O3S2. The molecule has 0 fully saturated rings. The fraction of sp³-hybridized carbons (Fsp3) is 0.333. The third-order valence-corrected chi connectivity index (χ3v) is 3.87. The van der Waals surface area contributed by atoms with Gasteiger partial charge in [0.2, 0.25) is 9.84 Å². The SMILES string of the molecule is CCS(=O)(=O)C(=O)c1cc(N)ns1. The summed E-state index contributed by atoms with van der Waals surface area (Å²) >= 11 is 0.796. The number of sulfone groups is 1. The summed E-state index contributed by atoms with van der Waals surface area (Å²) in [6.07, 6.45) is 0. The number of aromatic nitrogens is 1. The maximum absolute atomic E-state index is 11.2. The van der Waals surface area contributed by atoms with Crippen molar-refractivity contribution in [3.8, 4) is 0 Å². The van der Waals surface area contributed by atoms with Crippen LogP contribution in [0.1, 0.15) is 16.6 Å². The van der Waals surface area contributed by atoms with Crippen LogP contribution in [0.3, 0.4) is 0 Å². The minimum absolute atomic E-state index is 0.0688. The van der Waals surface area contributed by atoms with E-state index >= 15 is 0 Å². The molecule has 0 aliphatic heterocycles. The molecule has 0 bridgehead atoms.